The van der Waals surface area contributed by atoms with Gasteiger partial charge < -0.3 is 19.8 Å². The van der Waals surface area contributed by atoms with E-state index in [2.05, 4.69) is 9.99 Å². The summed E-state index contributed by atoms with van der Waals surface area (Å²) in [6, 6.07) is 3.48. The van der Waals surface area contributed by atoms with Gasteiger partial charge in [0.1, 0.15) is 11.5 Å². The molecule has 0 aliphatic carbocycles. The van der Waals surface area contributed by atoms with Crippen molar-refractivity contribution in [3.8, 4) is 11.5 Å². The van der Waals surface area contributed by atoms with Crippen molar-refractivity contribution in [3.05, 3.63) is 23.8 Å². The topological polar surface area (TPSA) is 122 Å². The van der Waals surface area contributed by atoms with Gasteiger partial charge in [0.25, 0.3) is 0 Å². The molecule has 106 valence electrons. The summed E-state index contributed by atoms with van der Waals surface area (Å²) in [6.45, 7) is 2.22. The summed E-state index contributed by atoms with van der Waals surface area (Å²) >= 11 is 0. The Bertz CT molecular complexity index is 591. The Hall–Kier alpha value is -2.90. The first-order valence-electron chi connectivity index (χ1n) is 5.32. The minimum Gasteiger partial charge on any atom is -0.507 e. The zero-order chi connectivity index (χ0) is 15.3. The van der Waals surface area contributed by atoms with Crippen molar-refractivity contribution in [1.29, 1.82) is 0 Å². The van der Waals surface area contributed by atoms with Gasteiger partial charge in [-0.2, -0.15) is 0 Å². The van der Waals surface area contributed by atoms with Crippen LogP contribution in [0.3, 0.4) is 0 Å². The van der Waals surface area contributed by atoms with E-state index in [-0.39, 0.29) is 11.3 Å². The molecule has 8 nitrogen and oxygen atoms in total. The van der Waals surface area contributed by atoms with Crippen LogP contribution in [0.5, 0.6) is 11.5 Å². The smallest absolute Gasteiger partial charge is 0.358 e. The number of hydrogen-bond donors (Lipinski definition) is 2. The van der Waals surface area contributed by atoms with Crippen LogP contribution in [0.25, 0.3) is 0 Å². The lowest BCUT2D eigenvalue weighted by Gasteiger charge is -2.06. The van der Waals surface area contributed by atoms with Crippen molar-refractivity contribution in [2.45, 2.75) is 13.8 Å². The highest BCUT2D eigenvalue weighted by atomic mass is 16.7. The first-order chi connectivity index (χ1) is 9.31. The number of rotatable bonds is 4. The number of aliphatic carboxylic acids is 1. The van der Waals surface area contributed by atoms with Gasteiger partial charge in [-0.05, 0) is 12.1 Å². The normalized spacial score (nSPS) is 10.8. The third-order valence-electron chi connectivity index (χ3n) is 1.95. The lowest BCUT2D eigenvalue weighted by Crippen LogP contribution is -2.16. The van der Waals surface area contributed by atoms with Gasteiger partial charge in [0.15, 0.2) is 5.71 Å². The Morgan fingerprint density at radius 1 is 1.15 bits per heavy atom. The molecule has 0 unspecified atom stereocenters. The zero-order valence-corrected chi connectivity index (χ0v) is 10.6. The summed E-state index contributed by atoms with van der Waals surface area (Å²) < 4.78 is 4.72. The number of phenolic OH excluding ortho intramolecular Hbond substituents is 1. The van der Waals surface area contributed by atoms with Crippen LogP contribution in [0.2, 0.25) is 0 Å². The molecule has 20 heavy (non-hydrogen) atoms. The number of carboxylic acids is 1. The van der Waals surface area contributed by atoms with Gasteiger partial charge in [0, 0.05) is 19.9 Å². The van der Waals surface area contributed by atoms with Gasteiger partial charge >= 0.3 is 17.9 Å². The summed E-state index contributed by atoms with van der Waals surface area (Å²) in [6.07, 6.45) is 0. The molecule has 2 N–H and O–H groups in total. The number of nitrogens with zero attached hydrogens (tertiary/aromatic N) is 1. The highest BCUT2D eigenvalue weighted by Crippen LogP contribution is 2.24. The fourth-order valence-corrected chi connectivity index (χ4v) is 1.25. The second-order valence-electron chi connectivity index (χ2n) is 3.60. The fourth-order valence-electron chi connectivity index (χ4n) is 1.25. The first kappa shape index (κ1) is 15.2. The van der Waals surface area contributed by atoms with Crippen LogP contribution >= 0.6 is 0 Å². The fraction of sp³-hybridized carbons (Fsp3) is 0.167. The van der Waals surface area contributed by atoms with Crippen LogP contribution in [0, 0.1) is 0 Å². The molecule has 0 spiro atoms. The van der Waals surface area contributed by atoms with Crippen LogP contribution in [0.15, 0.2) is 23.4 Å². The number of hydrogen-bond acceptors (Lipinski definition) is 7. The van der Waals surface area contributed by atoms with Gasteiger partial charge in [-0.3, -0.25) is 4.79 Å². The maximum absolute atomic E-state index is 11.0. The summed E-state index contributed by atoms with van der Waals surface area (Å²) in [5, 5.41) is 21.8. The molecular weight excluding hydrogens is 270 g/mol. The number of oxime groups is 1. The molecule has 1 aromatic rings. The Morgan fingerprint density at radius 2 is 1.80 bits per heavy atom. The predicted octanol–water partition coefficient (Wildman–Crippen LogP) is 0.669. The molecule has 0 amide bonds. The molecule has 1 aromatic carbocycles. The number of aromatic hydroxyl groups is 1. The first-order valence-corrected chi connectivity index (χ1v) is 5.32. The number of esters is 1. The largest absolute Gasteiger partial charge is 0.507 e. The van der Waals surface area contributed by atoms with Gasteiger partial charge in [-0.1, -0.05) is 5.16 Å². The molecule has 0 aromatic heterocycles. The molecule has 0 aliphatic heterocycles. The number of carboxylic acid groups (broad SMARTS) is 1. The van der Waals surface area contributed by atoms with E-state index >= 15 is 0 Å². The van der Waals surface area contributed by atoms with Crippen molar-refractivity contribution in [1.82, 2.24) is 0 Å². The van der Waals surface area contributed by atoms with Gasteiger partial charge in [-0.25, -0.2) is 9.59 Å². The quantitative estimate of drug-likeness (QED) is 0.273. The summed E-state index contributed by atoms with van der Waals surface area (Å²) in [5.41, 5.74) is -0.846. The van der Waals surface area contributed by atoms with Crippen LogP contribution < -0.4 is 4.74 Å². The van der Waals surface area contributed by atoms with E-state index in [4.69, 9.17) is 9.84 Å². The third kappa shape index (κ3) is 4.09. The molecule has 0 heterocycles. The minimum absolute atomic E-state index is 0.0379. The average Bonchev–Trinajstić information content (AvgIpc) is 2.30. The second kappa shape index (κ2) is 6.32. The van der Waals surface area contributed by atoms with Crippen molar-refractivity contribution < 1.29 is 34.2 Å². The Morgan fingerprint density at radius 3 is 2.25 bits per heavy atom. The van der Waals surface area contributed by atoms with Gasteiger partial charge in [0.2, 0.25) is 0 Å². The number of carbonyl (C=O) groups excluding carboxylic acids is 2. The molecule has 0 aliphatic rings. The van der Waals surface area contributed by atoms with Crippen molar-refractivity contribution in [2.24, 2.45) is 5.16 Å². The third-order valence-corrected chi connectivity index (χ3v) is 1.95. The Balaban J connectivity index is 3.15. The molecule has 1 rings (SSSR count). The molecule has 0 saturated heterocycles. The van der Waals surface area contributed by atoms with Crippen molar-refractivity contribution >= 4 is 23.6 Å². The SMILES string of the molecule is CC(=O)ON=C(C(=O)O)c1ccc(OC(C)=O)cc1O. The Kier molecular flexibility index (Phi) is 4.79. The molecule has 8 heteroatoms. The van der Waals surface area contributed by atoms with Gasteiger partial charge in [0.05, 0.1) is 5.56 Å². The van der Waals surface area contributed by atoms with E-state index < -0.39 is 29.4 Å². The van der Waals surface area contributed by atoms with Crippen LogP contribution in [-0.4, -0.2) is 33.8 Å². The van der Waals surface area contributed by atoms with E-state index in [9.17, 15) is 19.5 Å². The van der Waals surface area contributed by atoms with E-state index in [1.165, 1.54) is 19.1 Å². The monoisotopic (exact) mass is 281 g/mol. The highest BCUT2D eigenvalue weighted by molar-refractivity contribution is 6.43. The lowest BCUT2D eigenvalue weighted by molar-refractivity contribution is -0.141. The molecule has 0 bridgehead atoms. The van der Waals surface area contributed by atoms with Crippen LogP contribution in [0.1, 0.15) is 19.4 Å². The van der Waals surface area contributed by atoms with Gasteiger partial charge in [-0.15, -0.1) is 0 Å². The van der Waals surface area contributed by atoms with E-state index in [1.807, 2.05) is 0 Å². The van der Waals surface area contributed by atoms with Crippen molar-refractivity contribution in [3.63, 3.8) is 0 Å². The van der Waals surface area contributed by atoms with Crippen molar-refractivity contribution in [2.75, 3.05) is 0 Å². The second-order valence-corrected chi connectivity index (χ2v) is 3.60. The molecule has 0 fully saturated rings. The predicted molar refractivity (Wildman–Crippen MR) is 65.4 cm³/mol. The van der Waals surface area contributed by atoms with E-state index in [0.717, 1.165) is 13.0 Å². The number of carbonyl (C=O) groups is 3. The van der Waals surface area contributed by atoms with E-state index in [0.29, 0.717) is 0 Å². The number of ether oxygens (including phenoxy) is 1. The maximum atomic E-state index is 11.0. The zero-order valence-electron chi connectivity index (χ0n) is 10.6. The minimum atomic E-state index is -1.50. The molecule has 0 radical (unpaired) electrons. The Labute approximate surface area is 113 Å². The lowest BCUT2D eigenvalue weighted by atomic mass is 10.1. The summed E-state index contributed by atoms with van der Waals surface area (Å²) in [7, 11) is 0. The van der Waals surface area contributed by atoms with Crippen LogP contribution in [0.4, 0.5) is 0 Å². The summed E-state index contributed by atoms with van der Waals surface area (Å²) in [4.78, 5) is 36.6. The molecule has 0 atom stereocenters. The highest BCUT2D eigenvalue weighted by Gasteiger charge is 2.19. The van der Waals surface area contributed by atoms with Crippen LogP contribution in [-0.2, 0) is 19.2 Å². The molecule has 0 saturated carbocycles. The standard InChI is InChI=1S/C12H11NO7/c1-6(14)19-8-3-4-9(10(16)5-8)11(12(17)18)13-20-7(2)15/h3-5,16H,1-2H3,(H,17,18). The summed E-state index contributed by atoms with van der Waals surface area (Å²) in [5.74, 6) is -3.35. The van der Waals surface area contributed by atoms with E-state index in [1.54, 1.807) is 0 Å². The average molecular weight is 281 g/mol. The molecular formula is C12H11NO7. The number of phenols is 1. The number of benzene rings is 1. The maximum Gasteiger partial charge on any atom is 0.358 e.